The molecule has 0 atom stereocenters. The van der Waals surface area contributed by atoms with Crippen molar-refractivity contribution in [3.8, 4) is 0 Å². The van der Waals surface area contributed by atoms with Crippen LogP contribution >= 0.6 is 0 Å². The molecule has 1 aliphatic rings. The molecule has 94 valence electrons. The van der Waals surface area contributed by atoms with Crippen LogP contribution in [0.15, 0.2) is 18.5 Å². The molecule has 4 nitrogen and oxygen atoms in total. The van der Waals surface area contributed by atoms with Crippen LogP contribution < -0.4 is 5.32 Å². The van der Waals surface area contributed by atoms with Gasteiger partial charge in [-0.25, -0.2) is 9.97 Å². The van der Waals surface area contributed by atoms with E-state index in [1.807, 2.05) is 18.5 Å². The molecule has 0 amide bonds. The lowest BCUT2D eigenvalue weighted by Crippen LogP contribution is -2.36. The Balaban J connectivity index is 1.83. The van der Waals surface area contributed by atoms with Crippen molar-refractivity contribution < 1.29 is 0 Å². The van der Waals surface area contributed by atoms with Crippen molar-refractivity contribution in [3.05, 3.63) is 24.3 Å². The fourth-order valence-electron chi connectivity index (χ4n) is 2.35. The average molecular weight is 234 g/mol. The molecule has 1 aliphatic heterocycles. The first-order valence-corrected chi connectivity index (χ1v) is 6.57. The van der Waals surface area contributed by atoms with Crippen molar-refractivity contribution in [2.45, 2.75) is 26.3 Å². The van der Waals surface area contributed by atoms with Gasteiger partial charge in [0.15, 0.2) is 0 Å². The van der Waals surface area contributed by atoms with Gasteiger partial charge in [-0.1, -0.05) is 6.92 Å². The number of nitrogens with zero attached hydrogens (tertiary/aromatic N) is 3. The predicted octanol–water partition coefficient (Wildman–Crippen LogP) is 1.30. The molecule has 0 saturated carbocycles. The Morgan fingerprint density at radius 2 is 2.00 bits per heavy atom. The summed E-state index contributed by atoms with van der Waals surface area (Å²) in [7, 11) is 0. The van der Waals surface area contributed by atoms with Crippen LogP contribution in [0.4, 0.5) is 0 Å². The molecule has 0 spiro atoms. The Hall–Kier alpha value is -1.00. The van der Waals surface area contributed by atoms with Gasteiger partial charge in [-0.05, 0) is 44.5 Å². The monoisotopic (exact) mass is 234 g/mol. The third kappa shape index (κ3) is 4.06. The number of rotatable bonds is 5. The molecule has 17 heavy (non-hydrogen) atoms. The van der Waals surface area contributed by atoms with E-state index in [1.54, 1.807) is 0 Å². The van der Waals surface area contributed by atoms with Crippen LogP contribution in [0, 0.1) is 5.92 Å². The van der Waals surface area contributed by atoms with E-state index in [0.29, 0.717) is 0 Å². The van der Waals surface area contributed by atoms with E-state index in [2.05, 4.69) is 27.1 Å². The molecule has 0 radical (unpaired) electrons. The highest BCUT2D eigenvalue weighted by Crippen LogP contribution is 2.14. The molecule has 1 N–H and O–H groups in total. The smallest absolute Gasteiger partial charge is 0.142 e. The fourth-order valence-corrected chi connectivity index (χ4v) is 2.35. The van der Waals surface area contributed by atoms with Crippen LogP contribution in [0.3, 0.4) is 0 Å². The first-order chi connectivity index (χ1) is 8.38. The van der Waals surface area contributed by atoms with E-state index in [-0.39, 0.29) is 0 Å². The second-order valence-electron chi connectivity index (χ2n) is 4.69. The Kier molecular flexibility index (Phi) is 4.88. The van der Waals surface area contributed by atoms with E-state index in [4.69, 9.17) is 0 Å². The number of piperidine rings is 1. The van der Waals surface area contributed by atoms with Crippen LogP contribution in [-0.2, 0) is 6.54 Å². The number of hydrogen-bond donors (Lipinski definition) is 1. The lowest BCUT2D eigenvalue weighted by atomic mass is 9.97. The van der Waals surface area contributed by atoms with Crippen molar-refractivity contribution >= 4 is 0 Å². The summed E-state index contributed by atoms with van der Waals surface area (Å²) in [6.07, 6.45) is 6.24. The van der Waals surface area contributed by atoms with Gasteiger partial charge in [-0.2, -0.15) is 0 Å². The second kappa shape index (κ2) is 6.67. The minimum absolute atomic E-state index is 0.833. The summed E-state index contributed by atoms with van der Waals surface area (Å²) in [5.74, 6) is 1.77. The number of aromatic nitrogens is 2. The molecule has 1 aromatic heterocycles. The van der Waals surface area contributed by atoms with Gasteiger partial charge in [0.2, 0.25) is 0 Å². The maximum atomic E-state index is 4.29. The van der Waals surface area contributed by atoms with Gasteiger partial charge in [0, 0.05) is 18.9 Å². The van der Waals surface area contributed by atoms with Crippen molar-refractivity contribution in [2.75, 3.05) is 26.2 Å². The maximum Gasteiger partial charge on any atom is 0.142 e. The fraction of sp³-hybridized carbons (Fsp3) is 0.692. The lowest BCUT2D eigenvalue weighted by molar-refractivity contribution is 0.203. The third-order valence-corrected chi connectivity index (χ3v) is 3.41. The first-order valence-electron chi connectivity index (χ1n) is 6.57. The molecule has 1 aromatic rings. The SMILES string of the molecule is CCN(Cc1ncccn1)CC1CCNCC1. The van der Waals surface area contributed by atoms with Crippen molar-refractivity contribution in [1.82, 2.24) is 20.2 Å². The highest BCUT2D eigenvalue weighted by molar-refractivity contribution is 4.88. The van der Waals surface area contributed by atoms with Crippen LogP contribution in [0.2, 0.25) is 0 Å². The minimum atomic E-state index is 0.833. The number of hydrogen-bond acceptors (Lipinski definition) is 4. The molecule has 1 fully saturated rings. The molecule has 2 rings (SSSR count). The van der Waals surface area contributed by atoms with E-state index in [0.717, 1.165) is 24.8 Å². The first kappa shape index (κ1) is 12.5. The quantitative estimate of drug-likeness (QED) is 0.833. The van der Waals surface area contributed by atoms with Gasteiger partial charge in [0.05, 0.1) is 6.54 Å². The van der Waals surface area contributed by atoms with Crippen LogP contribution in [0.25, 0.3) is 0 Å². The normalized spacial score (nSPS) is 17.5. The molecular weight excluding hydrogens is 212 g/mol. The molecule has 0 bridgehead atoms. The molecule has 1 saturated heterocycles. The Bertz CT molecular complexity index is 308. The van der Waals surface area contributed by atoms with Gasteiger partial charge < -0.3 is 5.32 Å². The standard InChI is InChI=1S/C13H22N4/c1-2-17(10-12-4-8-14-9-5-12)11-13-15-6-3-7-16-13/h3,6-7,12,14H,2,4-5,8-11H2,1H3. The summed E-state index contributed by atoms with van der Waals surface area (Å²) in [5.41, 5.74) is 0. The molecular formula is C13H22N4. The summed E-state index contributed by atoms with van der Waals surface area (Å²) in [6, 6.07) is 1.87. The second-order valence-corrected chi connectivity index (χ2v) is 4.69. The van der Waals surface area contributed by atoms with Gasteiger partial charge in [-0.15, -0.1) is 0 Å². The van der Waals surface area contributed by atoms with Gasteiger partial charge in [0.25, 0.3) is 0 Å². The molecule has 0 aromatic carbocycles. The molecule has 2 heterocycles. The largest absolute Gasteiger partial charge is 0.317 e. The summed E-state index contributed by atoms with van der Waals surface area (Å²) >= 11 is 0. The van der Waals surface area contributed by atoms with Gasteiger partial charge in [-0.3, -0.25) is 4.90 Å². The summed E-state index contributed by atoms with van der Waals surface area (Å²) in [6.45, 7) is 7.68. The summed E-state index contributed by atoms with van der Waals surface area (Å²) < 4.78 is 0. The Labute approximate surface area is 103 Å². The zero-order valence-corrected chi connectivity index (χ0v) is 10.6. The Morgan fingerprint density at radius 1 is 1.29 bits per heavy atom. The minimum Gasteiger partial charge on any atom is -0.317 e. The van der Waals surface area contributed by atoms with Crippen molar-refractivity contribution in [2.24, 2.45) is 5.92 Å². The van der Waals surface area contributed by atoms with Gasteiger partial charge >= 0.3 is 0 Å². The molecule has 4 heteroatoms. The van der Waals surface area contributed by atoms with E-state index in [9.17, 15) is 0 Å². The highest BCUT2D eigenvalue weighted by atomic mass is 15.1. The average Bonchev–Trinajstić information content (AvgIpc) is 2.40. The predicted molar refractivity (Wildman–Crippen MR) is 68.6 cm³/mol. The zero-order valence-electron chi connectivity index (χ0n) is 10.6. The lowest BCUT2D eigenvalue weighted by Gasteiger charge is -2.28. The van der Waals surface area contributed by atoms with E-state index in [1.165, 1.54) is 32.5 Å². The van der Waals surface area contributed by atoms with Crippen molar-refractivity contribution in [3.63, 3.8) is 0 Å². The molecule has 0 unspecified atom stereocenters. The summed E-state index contributed by atoms with van der Waals surface area (Å²) in [4.78, 5) is 11.0. The molecule has 0 aliphatic carbocycles. The van der Waals surface area contributed by atoms with Crippen LogP contribution in [0.5, 0.6) is 0 Å². The van der Waals surface area contributed by atoms with E-state index >= 15 is 0 Å². The van der Waals surface area contributed by atoms with Crippen molar-refractivity contribution in [1.29, 1.82) is 0 Å². The van der Waals surface area contributed by atoms with Crippen LogP contribution in [-0.4, -0.2) is 41.0 Å². The topological polar surface area (TPSA) is 41.1 Å². The van der Waals surface area contributed by atoms with E-state index < -0.39 is 0 Å². The zero-order chi connectivity index (χ0) is 11.9. The van der Waals surface area contributed by atoms with Crippen LogP contribution in [0.1, 0.15) is 25.6 Å². The number of nitrogens with one attached hydrogen (secondary N) is 1. The third-order valence-electron chi connectivity index (χ3n) is 3.41. The summed E-state index contributed by atoms with van der Waals surface area (Å²) in [5, 5.41) is 3.41. The maximum absolute atomic E-state index is 4.29. The highest BCUT2D eigenvalue weighted by Gasteiger charge is 2.16. The van der Waals surface area contributed by atoms with Gasteiger partial charge in [0.1, 0.15) is 5.82 Å². The Morgan fingerprint density at radius 3 is 2.65 bits per heavy atom.